The monoisotopic (exact) mass is 522 g/mol. The van der Waals surface area contributed by atoms with Gasteiger partial charge in [-0.05, 0) is 0 Å². The molecule has 0 spiro atoms. The van der Waals surface area contributed by atoms with Crippen molar-refractivity contribution in [3.8, 4) is 0 Å². The molecule has 148 valence electrons. The zero-order valence-electron chi connectivity index (χ0n) is 16.1. The standard InChI is InChI=1S/C24H20F2OSe2/c1-24(2)23(29-20-14-10-18(26)11-15-20)22(28-19-12-8-17(25)9-13-19)21(27-24)16-6-4-3-5-7-16/h3-15,21H,1-2H3. The van der Waals surface area contributed by atoms with Crippen LogP contribution < -0.4 is 8.92 Å². The molecule has 3 aromatic rings. The van der Waals surface area contributed by atoms with Crippen molar-refractivity contribution in [1.82, 2.24) is 0 Å². The molecule has 0 saturated heterocycles. The summed E-state index contributed by atoms with van der Waals surface area (Å²) in [7, 11) is 0. The number of rotatable bonds is 5. The molecule has 1 aliphatic rings. The number of hydrogen-bond acceptors (Lipinski definition) is 1. The van der Waals surface area contributed by atoms with E-state index in [9.17, 15) is 8.78 Å². The van der Waals surface area contributed by atoms with Gasteiger partial charge in [-0.3, -0.25) is 0 Å². The van der Waals surface area contributed by atoms with E-state index in [1.54, 1.807) is 0 Å². The minimum absolute atomic E-state index is 0.000901. The molecule has 0 bridgehead atoms. The van der Waals surface area contributed by atoms with E-state index >= 15 is 0 Å². The molecule has 29 heavy (non-hydrogen) atoms. The topological polar surface area (TPSA) is 9.23 Å². The van der Waals surface area contributed by atoms with Gasteiger partial charge in [0.15, 0.2) is 0 Å². The molecular weight excluding hydrogens is 500 g/mol. The number of halogens is 2. The summed E-state index contributed by atoms with van der Waals surface area (Å²) < 4.78 is 38.1. The van der Waals surface area contributed by atoms with Crippen LogP contribution in [0.1, 0.15) is 25.5 Å². The Morgan fingerprint density at radius 1 is 0.724 bits per heavy atom. The van der Waals surface area contributed by atoms with Crippen molar-refractivity contribution in [3.05, 3.63) is 105 Å². The summed E-state index contributed by atoms with van der Waals surface area (Å²) in [6.45, 7) is 4.22. The van der Waals surface area contributed by atoms with Gasteiger partial charge in [0.1, 0.15) is 0 Å². The predicted molar refractivity (Wildman–Crippen MR) is 115 cm³/mol. The molecule has 0 N–H and O–H groups in total. The van der Waals surface area contributed by atoms with Crippen molar-refractivity contribution >= 4 is 38.8 Å². The van der Waals surface area contributed by atoms with Crippen LogP contribution in [-0.4, -0.2) is 35.5 Å². The quantitative estimate of drug-likeness (QED) is 0.461. The summed E-state index contributed by atoms with van der Waals surface area (Å²) in [5, 5.41) is 0. The zero-order chi connectivity index (χ0) is 20.4. The van der Waals surface area contributed by atoms with Gasteiger partial charge in [0, 0.05) is 0 Å². The SMILES string of the molecule is CC1(C)OC(c2ccccc2)C([Se]c2ccc(F)cc2)=C1[Se]c1ccc(F)cc1. The van der Waals surface area contributed by atoms with Gasteiger partial charge in [0.05, 0.1) is 0 Å². The van der Waals surface area contributed by atoms with Crippen LogP contribution in [-0.2, 0) is 4.74 Å². The molecule has 1 aliphatic heterocycles. The van der Waals surface area contributed by atoms with Crippen molar-refractivity contribution in [1.29, 1.82) is 0 Å². The first-order valence-electron chi connectivity index (χ1n) is 9.27. The second-order valence-electron chi connectivity index (χ2n) is 7.22. The Morgan fingerprint density at radius 3 is 1.79 bits per heavy atom. The molecule has 0 aliphatic carbocycles. The van der Waals surface area contributed by atoms with Gasteiger partial charge in [-0.1, -0.05) is 0 Å². The van der Waals surface area contributed by atoms with Gasteiger partial charge in [0.25, 0.3) is 0 Å². The van der Waals surface area contributed by atoms with E-state index in [1.807, 2.05) is 42.5 Å². The summed E-state index contributed by atoms with van der Waals surface area (Å²) in [6, 6.07) is 23.7. The predicted octanol–water partition coefficient (Wildman–Crippen LogP) is 4.09. The molecule has 0 amide bonds. The van der Waals surface area contributed by atoms with E-state index in [-0.39, 0.29) is 47.7 Å². The van der Waals surface area contributed by atoms with Crippen LogP contribution in [0.15, 0.2) is 87.8 Å². The van der Waals surface area contributed by atoms with Gasteiger partial charge in [-0.25, -0.2) is 0 Å². The Hall–Kier alpha value is -1.74. The van der Waals surface area contributed by atoms with Crippen molar-refractivity contribution in [3.63, 3.8) is 0 Å². The first-order valence-corrected chi connectivity index (χ1v) is 12.7. The third kappa shape index (κ3) is 4.71. The maximum absolute atomic E-state index is 13.4. The Balaban J connectivity index is 1.77. The third-order valence-electron chi connectivity index (χ3n) is 4.60. The summed E-state index contributed by atoms with van der Waals surface area (Å²) in [5.74, 6) is -0.449. The van der Waals surface area contributed by atoms with Crippen LogP contribution in [0, 0.1) is 11.6 Å². The first-order chi connectivity index (χ1) is 13.9. The van der Waals surface area contributed by atoms with E-state index in [2.05, 4.69) is 26.0 Å². The van der Waals surface area contributed by atoms with Gasteiger partial charge in [-0.15, -0.1) is 0 Å². The van der Waals surface area contributed by atoms with E-state index < -0.39 is 5.60 Å². The van der Waals surface area contributed by atoms with Crippen LogP contribution >= 0.6 is 0 Å². The number of hydrogen-bond donors (Lipinski definition) is 0. The molecule has 3 aromatic carbocycles. The second kappa shape index (κ2) is 8.55. The molecular formula is C24H20F2OSe2. The normalized spacial score (nSPS) is 18.3. The summed E-state index contributed by atoms with van der Waals surface area (Å²) in [5.41, 5.74) is 0.718. The number of benzene rings is 3. The summed E-state index contributed by atoms with van der Waals surface area (Å²) in [4.78, 5) is 0. The minimum atomic E-state index is -0.411. The van der Waals surface area contributed by atoms with Gasteiger partial charge in [-0.2, -0.15) is 0 Å². The van der Waals surface area contributed by atoms with E-state index in [1.165, 1.54) is 33.2 Å². The van der Waals surface area contributed by atoms with Crippen LogP contribution in [0.2, 0.25) is 0 Å². The van der Waals surface area contributed by atoms with Crippen molar-refractivity contribution in [2.45, 2.75) is 25.6 Å². The van der Waals surface area contributed by atoms with E-state index in [0.29, 0.717) is 0 Å². The molecule has 4 rings (SSSR count). The fraction of sp³-hybridized carbons (Fsp3) is 0.167. The van der Waals surface area contributed by atoms with Crippen LogP contribution in [0.5, 0.6) is 0 Å². The average Bonchev–Trinajstić information content (AvgIpc) is 2.96. The Kier molecular flexibility index (Phi) is 6.05. The van der Waals surface area contributed by atoms with Crippen molar-refractivity contribution < 1.29 is 13.5 Å². The molecule has 0 aromatic heterocycles. The molecule has 1 unspecified atom stereocenters. The van der Waals surface area contributed by atoms with Crippen LogP contribution in [0.4, 0.5) is 8.78 Å². The fourth-order valence-corrected chi connectivity index (χ4v) is 8.64. The first kappa shape index (κ1) is 20.5. The zero-order valence-corrected chi connectivity index (χ0v) is 19.5. The van der Waals surface area contributed by atoms with E-state index in [4.69, 9.17) is 4.74 Å². The van der Waals surface area contributed by atoms with Gasteiger partial charge >= 0.3 is 183 Å². The van der Waals surface area contributed by atoms with Crippen LogP contribution in [0.25, 0.3) is 0 Å². The summed E-state index contributed by atoms with van der Waals surface area (Å²) in [6.07, 6.45) is -0.117. The second-order valence-corrected chi connectivity index (χ2v) is 11.8. The van der Waals surface area contributed by atoms with E-state index in [0.717, 1.165) is 14.5 Å². The molecule has 0 saturated carbocycles. The molecule has 1 atom stereocenters. The molecule has 5 heteroatoms. The molecule has 0 radical (unpaired) electrons. The molecule has 1 heterocycles. The Labute approximate surface area is 182 Å². The van der Waals surface area contributed by atoms with Gasteiger partial charge < -0.3 is 0 Å². The maximum atomic E-state index is 13.4. The molecule has 1 nitrogen and oxygen atoms in total. The van der Waals surface area contributed by atoms with Crippen molar-refractivity contribution in [2.24, 2.45) is 0 Å². The van der Waals surface area contributed by atoms with Crippen LogP contribution in [0.3, 0.4) is 0 Å². The molecule has 0 fully saturated rings. The van der Waals surface area contributed by atoms with Gasteiger partial charge in [0.2, 0.25) is 0 Å². The summed E-state index contributed by atoms with van der Waals surface area (Å²) >= 11 is 0.0108. The third-order valence-corrected chi connectivity index (χ3v) is 10.6. The van der Waals surface area contributed by atoms with Crippen molar-refractivity contribution in [2.75, 3.05) is 0 Å². The Morgan fingerprint density at radius 2 is 1.24 bits per heavy atom. The Bertz CT molecular complexity index is 1010. The number of ether oxygens (including phenoxy) is 1. The average molecular weight is 520 g/mol. The fourth-order valence-electron chi connectivity index (χ4n) is 3.19.